The molecule has 25 heavy (non-hydrogen) atoms. The van der Waals surface area contributed by atoms with E-state index >= 15 is 0 Å². The molecule has 1 saturated heterocycles. The lowest BCUT2D eigenvalue weighted by Crippen LogP contribution is -2.46. The van der Waals surface area contributed by atoms with Gasteiger partial charge in [0.1, 0.15) is 11.4 Å². The molecule has 1 aliphatic heterocycles. The predicted octanol–water partition coefficient (Wildman–Crippen LogP) is 0.435. The molecule has 2 rings (SSSR count). The van der Waals surface area contributed by atoms with Crippen molar-refractivity contribution in [1.82, 2.24) is 20.1 Å². The van der Waals surface area contributed by atoms with Crippen molar-refractivity contribution in [3.05, 3.63) is 16.1 Å². The van der Waals surface area contributed by atoms with Gasteiger partial charge in [-0.3, -0.25) is 4.79 Å². The Bertz CT molecular complexity index is 587. The molecular formula is C16H28BrN5O3. The lowest BCUT2D eigenvalue weighted by Gasteiger charge is -2.24. The van der Waals surface area contributed by atoms with Crippen LogP contribution in [0.1, 0.15) is 17.3 Å². The highest BCUT2D eigenvalue weighted by molar-refractivity contribution is 9.10. The van der Waals surface area contributed by atoms with Crippen LogP contribution in [0.5, 0.6) is 5.88 Å². The smallest absolute Gasteiger partial charge is 0.257 e. The maximum Gasteiger partial charge on any atom is 0.257 e. The third-order valence-corrected chi connectivity index (χ3v) is 4.81. The Balaban J connectivity index is 0.00000312. The van der Waals surface area contributed by atoms with Crippen molar-refractivity contribution in [3.63, 3.8) is 0 Å². The Labute approximate surface area is 157 Å². The molecule has 0 radical (unpaired) electrons. The number of ether oxygens (including phenoxy) is 1. The number of aromatic nitrogens is 1. The van der Waals surface area contributed by atoms with E-state index in [1.54, 1.807) is 13.1 Å². The number of amides is 1. The Morgan fingerprint density at radius 1 is 1.44 bits per heavy atom. The number of hydrogen-bond donors (Lipinski definition) is 2. The number of rotatable bonds is 5. The number of nitrogens with zero attached hydrogens (tertiary/aromatic N) is 3. The summed E-state index contributed by atoms with van der Waals surface area (Å²) >= 11 is 3.43. The van der Waals surface area contributed by atoms with Gasteiger partial charge in [0.2, 0.25) is 5.88 Å². The summed E-state index contributed by atoms with van der Waals surface area (Å²) in [6.07, 6.45) is 0. The molecule has 2 heterocycles. The van der Waals surface area contributed by atoms with Gasteiger partial charge in [0, 0.05) is 33.2 Å². The minimum atomic E-state index is -0.168. The van der Waals surface area contributed by atoms with Crippen LogP contribution in [-0.4, -0.2) is 86.1 Å². The quantitative estimate of drug-likeness (QED) is 0.720. The molecule has 1 aromatic rings. The van der Waals surface area contributed by atoms with Crippen LogP contribution < -0.4 is 15.4 Å². The maximum atomic E-state index is 12.7. The summed E-state index contributed by atoms with van der Waals surface area (Å²) in [5.74, 6) is 0.781. The molecule has 0 aliphatic carbocycles. The monoisotopic (exact) mass is 417 g/mol. The Kier molecular flexibility index (Phi) is 8.57. The van der Waals surface area contributed by atoms with Crippen molar-refractivity contribution >= 4 is 27.7 Å². The zero-order chi connectivity index (χ0) is 17.7. The van der Waals surface area contributed by atoms with Crippen LogP contribution in [0, 0.1) is 0 Å². The Morgan fingerprint density at radius 3 is 2.76 bits per heavy atom. The molecule has 0 saturated carbocycles. The van der Waals surface area contributed by atoms with Gasteiger partial charge in [0.05, 0.1) is 17.6 Å². The fourth-order valence-electron chi connectivity index (χ4n) is 2.85. The molecule has 0 spiro atoms. The summed E-state index contributed by atoms with van der Waals surface area (Å²) in [5.41, 5.74) is 0.429. The number of halogens is 1. The van der Waals surface area contributed by atoms with Crippen LogP contribution in [0.4, 0.5) is 5.82 Å². The van der Waals surface area contributed by atoms with Gasteiger partial charge in [-0.05, 0) is 35.6 Å². The van der Waals surface area contributed by atoms with E-state index in [2.05, 4.69) is 55.3 Å². The number of nitrogens with one attached hydrogen (secondary N) is 2. The van der Waals surface area contributed by atoms with E-state index in [4.69, 9.17) is 4.74 Å². The molecule has 1 aromatic heterocycles. The lowest BCUT2D eigenvalue weighted by molar-refractivity contribution is 0.0921. The van der Waals surface area contributed by atoms with Crippen molar-refractivity contribution in [2.24, 2.45) is 0 Å². The highest BCUT2D eigenvalue weighted by Gasteiger charge is 2.24. The van der Waals surface area contributed by atoms with Crippen molar-refractivity contribution in [2.45, 2.75) is 13.0 Å². The fourth-order valence-corrected chi connectivity index (χ4v) is 3.36. The summed E-state index contributed by atoms with van der Waals surface area (Å²) < 4.78 is 6.01. The SMILES string of the molecule is CCN1CCN(C)C[C@H](NC(=O)c2cc(Br)c(NC)nc2OC)C1.O. The van der Waals surface area contributed by atoms with E-state index < -0.39 is 0 Å². The molecule has 8 nitrogen and oxygen atoms in total. The van der Waals surface area contributed by atoms with Crippen LogP contribution in [-0.2, 0) is 0 Å². The maximum absolute atomic E-state index is 12.7. The van der Waals surface area contributed by atoms with Gasteiger partial charge in [-0.2, -0.15) is 4.98 Å². The van der Waals surface area contributed by atoms with Crippen molar-refractivity contribution in [3.8, 4) is 5.88 Å². The standard InChI is InChI=1S/C16H26BrN5O2.H2O/c1-5-22-7-6-21(3)9-11(10-22)19-15(23)12-8-13(17)14(18-2)20-16(12)24-4;/h8,11H,5-7,9-10H2,1-4H3,(H,18,20)(H,19,23);1H2/t11-;/m0./s1. The summed E-state index contributed by atoms with van der Waals surface area (Å²) in [4.78, 5) is 21.7. The first kappa shape index (κ1) is 21.6. The zero-order valence-corrected chi connectivity index (χ0v) is 16.8. The first-order chi connectivity index (χ1) is 11.5. The topological polar surface area (TPSA) is 101 Å². The number of methoxy groups -OCH3 is 1. The van der Waals surface area contributed by atoms with Crippen LogP contribution in [0.2, 0.25) is 0 Å². The summed E-state index contributed by atoms with van der Waals surface area (Å²) in [5, 5.41) is 6.09. The van der Waals surface area contributed by atoms with Gasteiger partial charge in [-0.1, -0.05) is 6.92 Å². The number of carbonyl (C=O) groups is 1. The highest BCUT2D eigenvalue weighted by Crippen LogP contribution is 2.27. The molecule has 0 aromatic carbocycles. The van der Waals surface area contributed by atoms with Crippen LogP contribution in [0.15, 0.2) is 10.5 Å². The van der Waals surface area contributed by atoms with Crippen molar-refractivity contribution in [1.29, 1.82) is 0 Å². The van der Waals surface area contributed by atoms with E-state index in [-0.39, 0.29) is 17.4 Å². The second-order valence-electron chi connectivity index (χ2n) is 5.95. The van der Waals surface area contributed by atoms with Gasteiger partial charge in [-0.15, -0.1) is 0 Å². The first-order valence-corrected chi connectivity index (χ1v) is 8.91. The Morgan fingerprint density at radius 2 is 2.16 bits per heavy atom. The average molecular weight is 418 g/mol. The number of anilines is 1. The van der Waals surface area contributed by atoms with E-state index in [0.717, 1.165) is 37.2 Å². The number of likely N-dealkylation sites (N-methyl/N-ethyl adjacent to an activating group) is 2. The molecule has 1 amide bonds. The van der Waals surface area contributed by atoms with E-state index in [0.29, 0.717) is 17.3 Å². The van der Waals surface area contributed by atoms with E-state index in [9.17, 15) is 4.79 Å². The van der Waals surface area contributed by atoms with E-state index in [1.165, 1.54) is 7.11 Å². The normalized spacial score (nSPS) is 18.8. The first-order valence-electron chi connectivity index (χ1n) is 8.12. The van der Waals surface area contributed by atoms with Crippen LogP contribution in [0.3, 0.4) is 0 Å². The zero-order valence-electron chi connectivity index (χ0n) is 15.2. The molecular weight excluding hydrogens is 390 g/mol. The minimum Gasteiger partial charge on any atom is -0.480 e. The average Bonchev–Trinajstić information content (AvgIpc) is 2.75. The fraction of sp³-hybridized carbons (Fsp3) is 0.625. The number of pyridine rings is 1. The van der Waals surface area contributed by atoms with Gasteiger partial charge >= 0.3 is 0 Å². The largest absolute Gasteiger partial charge is 0.480 e. The summed E-state index contributed by atoms with van der Waals surface area (Å²) in [6.45, 7) is 6.82. The predicted molar refractivity (Wildman–Crippen MR) is 103 cm³/mol. The number of carbonyl (C=O) groups excluding carboxylic acids is 1. The summed E-state index contributed by atoms with van der Waals surface area (Å²) in [7, 11) is 5.37. The van der Waals surface area contributed by atoms with Gasteiger partial charge in [-0.25, -0.2) is 0 Å². The third-order valence-electron chi connectivity index (χ3n) is 4.21. The third kappa shape index (κ3) is 5.53. The van der Waals surface area contributed by atoms with E-state index in [1.807, 2.05) is 0 Å². The van der Waals surface area contributed by atoms with Crippen molar-refractivity contribution < 1.29 is 15.0 Å². The second-order valence-corrected chi connectivity index (χ2v) is 6.81. The molecule has 142 valence electrons. The molecule has 1 atom stereocenters. The lowest BCUT2D eigenvalue weighted by atomic mass is 10.2. The molecule has 0 unspecified atom stereocenters. The number of hydrogen-bond acceptors (Lipinski definition) is 6. The molecule has 0 bridgehead atoms. The van der Waals surface area contributed by atoms with Gasteiger partial charge < -0.3 is 30.6 Å². The molecule has 1 fully saturated rings. The van der Waals surface area contributed by atoms with Gasteiger partial charge in [0.15, 0.2) is 0 Å². The van der Waals surface area contributed by atoms with Gasteiger partial charge in [0.25, 0.3) is 5.91 Å². The minimum absolute atomic E-state index is 0. The van der Waals surface area contributed by atoms with Crippen LogP contribution >= 0.6 is 15.9 Å². The Hall–Kier alpha value is -1.42. The molecule has 9 heteroatoms. The van der Waals surface area contributed by atoms with Crippen molar-refractivity contribution in [2.75, 3.05) is 59.2 Å². The van der Waals surface area contributed by atoms with Crippen LogP contribution in [0.25, 0.3) is 0 Å². The highest BCUT2D eigenvalue weighted by atomic mass is 79.9. The second kappa shape index (κ2) is 9.91. The summed E-state index contributed by atoms with van der Waals surface area (Å²) in [6, 6.07) is 1.81. The molecule has 4 N–H and O–H groups in total. The molecule has 1 aliphatic rings.